The van der Waals surface area contributed by atoms with Gasteiger partial charge in [-0.25, -0.2) is 4.79 Å². The minimum Gasteiger partial charge on any atom is -0.508 e. The SMILES string of the molecule is NCc1c(O)ccc2[nH]cc(C(=O)O)c12. The third-order valence-corrected chi connectivity index (χ3v) is 2.36. The highest BCUT2D eigenvalue weighted by molar-refractivity contribution is 6.05. The Labute approximate surface area is 85.1 Å². The summed E-state index contributed by atoms with van der Waals surface area (Å²) in [4.78, 5) is 13.7. The number of hydrogen-bond donors (Lipinski definition) is 4. The minimum atomic E-state index is -1.04. The lowest BCUT2D eigenvalue weighted by molar-refractivity contribution is 0.0699. The molecule has 1 aromatic carbocycles. The van der Waals surface area contributed by atoms with Gasteiger partial charge in [0.2, 0.25) is 0 Å². The number of carboxylic acid groups (broad SMARTS) is 1. The molecule has 0 unspecified atom stereocenters. The van der Waals surface area contributed by atoms with Crippen molar-refractivity contribution >= 4 is 16.9 Å². The van der Waals surface area contributed by atoms with E-state index in [9.17, 15) is 9.90 Å². The average Bonchev–Trinajstić information content (AvgIpc) is 2.61. The first-order valence-corrected chi connectivity index (χ1v) is 4.40. The molecule has 1 heterocycles. The molecule has 0 aliphatic heterocycles. The van der Waals surface area contributed by atoms with E-state index in [1.165, 1.54) is 12.3 Å². The fourth-order valence-electron chi connectivity index (χ4n) is 1.66. The van der Waals surface area contributed by atoms with Crippen LogP contribution in [0.3, 0.4) is 0 Å². The molecular weight excluding hydrogens is 196 g/mol. The second kappa shape index (κ2) is 3.29. The van der Waals surface area contributed by atoms with E-state index in [1.54, 1.807) is 6.07 Å². The van der Waals surface area contributed by atoms with E-state index < -0.39 is 5.97 Å². The molecule has 0 atom stereocenters. The summed E-state index contributed by atoms with van der Waals surface area (Å²) in [5.74, 6) is -1.02. The van der Waals surface area contributed by atoms with Gasteiger partial charge in [0, 0.05) is 29.2 Å². The maximum absolute atomic E-state index is 10.9. The van der Waals surface area contributed by atoms with Gasteiger partial charge in [-0.15, -0.1) is 0 Å². The molecule has 0 aliphatic carbocycles. The largest absolute Gasteiger partial charge is 0.508 e. The van der Waals surface area contributed by atoms with Crippen molar-refractivity contribution in [2.75, 3.05) is 0 Å². The van der Waals surface area contributed by atoms with Crippen LogP contribution in [0.5, 0.6) is 5.75 Å². The second-order valence-electron chi connectivity index (χ2n) is 3.20. The van der Waals surface area contributed by atoms with Gasteiger partial charge in [-0.3, -0.25) is 0 Å². The van der Waals surface area contributed by atoms with E-state index in [2.05, 4.69) is 4.98 Å². The molecule has 0 amide bonds. The van der Waals surface area contributed by atoms with Crippen LogP contribution in [0.2, 0.25) is 0 Å². The first-order chi connectivity index (χ1) is 7.15. The molecule has 78 valence electrons. The molecule has 0 spiro atoms. The number of aromatic carboxylic acids is 1. The molecule has 0 saturated carbocycles. The number of nitrogens with two attached hydrogens (primary N) is 1. The number of phenolic OH excluding ortho intramolecular Hbond substituents is 1. The van der Waals surface area contributed by atoms with Crippen LogP contribution in [0.25, 0.3) is 10.9 Å². The normalized spacial score (nSPS) is 10.7. The Balaban J connectivity index is 2.86. The fraction of sp³-hybridized carbons (Fsp3) is 0.100. The van der Waals surface area contributed by atoms with Crippen molar-refractivity contribution in [3.05, 3.63) is 29.5 Å². The first kappa shape index (κ1) is 9.54. The smallest absolute Gasteiger partial charge is 0.337 e. The number of aromatic hydroxyl groups is 1. The molecule has 2 rings (SSSR count). The monoisotopic (exact) mass is 206 g/mol. The summed E-state index contributed by atoms with van der Waals surface area (Å²) in [7, 11) is 0. The van der Waals surface area contributed by atoms with Gasteiger partial charge in [-0.05, 0) is 12.1 Å². The summed E-state index contributed by atoms with van der Waals surface area (Å²) < 4.78 is 0. The van der Waals surface area contributed by atoms with Crippen molar-refractivity contribution in [3.8, 4) is 5.75 Å². The van der Waals surface area contributed by atoms with Crippen molar-refractivity contribution in [2.24, 2.45) is 5.73 Å². The zero-order chi connectivity index (χ0) is 11.0. The summed E-state index contributed by atoms with van der Waals surface area (Å²) >= 11 is 0. The Morgan fingerprint density at radius 3 is 2.80 bits per heavy atom. The summed E-state index contributed by atoms with van der Waals surface area (Å²) in [6, 6.07) is 3.11. The average molecular weight is 206 g/mol. The molecule has 5 nitrogen and oxygen atoms in total. The van der Waals surface area contributed by atoms with Crippen LogP contribution in [-0.4, -0.2) is 21.2 Å². The molecule has 0 bridgehead atoms. The summed E-state index contributed by atoms with van der Waals surface area (Å²) in [5, 5.41) is 19.0. The molecule has 15 heavy (non-hydrogen) atoms. The third kappa shape index (κ3) is 1.33. The van der Waals surface area contributed by atoms with E-state index in [-0.39, 0.29) is 17.9 Å². The van der Waals surface area contributed by atoms with Crippen LogP contribution in [0.1, 0.15) is 15.9 Å². The van der Waals surface area contributed by atoms with Crippen LogP contribution in [0.4, 0.5) is 0 Å². The maximum Gasteiger partial charge on any atom is 0.337 e. The van der Waals surface area contributed by atoms with Crippen molar-refractivity contribution in [2.45, 2.75) is 6.54 Å². The topological polar surface area (TPSA) is 99.3 Å². The molecule has 0 radical (unpaired) electrons. The van der Waals surface area contributed by atoms with E-state index in [1.807, 2.05) is 0 Å². The van der Waals surface area contributed by atoms with Gasteiger partial charge in [-0.2, -0.15) is 0 Å². The van der Waals surface area contributed by atoms with Gasteiger partial charge < -0.3 is 20.9 Å². The van der Waals surface area contributed by atoms with E-state index >= 15 is 0 Å². The van der Waals surface area contributed by atoms with E-state index in [0.29, 0.717) is 16.5 Å². The molecule has 1 aromatic heterocycles. The van der Waals surface area contributed by atoms with Crippen LogP contribution < -0.4 is 5.73 Å². The number of aromatic amines is 1. The van der Waals surface area contributed by atoms with Crippen LogP contribution in [-0.2, 0) is 6.54 Å². The summed E-state index contributed by atoms with van der Waals surface area (Å²) in [6.45, 7) is 0.0985. The highest BCUT2D eigenvalue weighted by atomic mass is 16.4. The van der Waals surface area contributed by atoms with Crippen molar-refractivity contribution in [1.82, 2.24) is 4.98 Å². The number of hydrogen-bond acceptors (Lipinski definition) is 3. The summed E-state index contributed by atoms with van der Waals surface area (Å²) in [6.07, 6.45) is 1.39. The van der Waals surface area contributed by atoms with Crippen LogP contribution in [0, 0.1) is 0 Å². The highest BCUT2D eigenvalue weighted by Crippen LogP contribution is 2.29. The standard InChI is InChI=1S/C10H10N2O3/c11-3-5-8(13)2-1-7-9(5)6(4-12-7)10(14)15/h1-2,4,12-13H,3,11H2,(H,14,15). The van der Waals surface area contributed by atoms with Crippen LogP contribution in [0.15, 0.2) is 18.3 Å². The van der Waals surface area contributed by atoms with Crippen LogP contribution >= 0.6 is 0 Å². The first-order valence-electron chi connectivity index (χ1n) is 4.40. The van der Waals surface area contributed by atoms with Gasteiger partial charge in [0.15, 0.2) is 0 Å². The summed E-state index contributed by atoms with van der Waals surface area (Å²) in [5.41, 5.74) is 6.71. The van der Waals surface area contributed by atoms with Gasteiger partial charge in [0.1, 0.15) is 5.75 Å². The Bertz CT molecular complexity index is 531. The predicted octanol–water partition coefficient (Wildman–Crippen LogP) is 1.03. The number of carbonyl (C=O) groups is 1. The molecule has 0 saturated heterocycles. The Morgan fingerprint density at radius 1 is 1.47 bits per heavy atom. The number of aromatic nitrogens is 1. The number of phenols is 1. The Hall–Kier alpha value is -2.01. The number of rotatable bonds is 2. The predicted molar refractivity (Wildman–Crippen MR) is 54.8 cm³/mol. The molecule has 2 aromatic rings. The zero-order valence-electron chi connectivity index (χ0n) is 7.82. The Kier molecular flexibility index (Phi) is 2.09. The van der Waals surface area contributed by atoms with E-state index in [4.69, 9.17) is 10.8 Å². The second-order valence-corrected chi connectivity index (χ2v) is 3.20. The molecular formula is C10H10N2O3. The number of benzene rings is 1. The van der Waals surface area contributed by atoms with Gasteiger partial charge in [0.05, 0.1) is 5.56 Å². The highest BCUT2D eigenvalue weighted by Gasteiger charge is 2.15. The zero-order valence-corrected chi connectivity index (χ0v) is 7.82. The molecule has 5 N–H and O–H groups in total. The molecule has 0 fully saturated rings. The molecule has 5 heteroatoms. The lowest BCUT2D eigenvalue weighted by Crippen LogP contribution is -2.01. The van der Waals surface area contributed by atoms with Gasteiger partial charge >= 0.3 is 5.97 Å². The van der Waals surface area contributed by atoms with E-state index in [0.717, 1.165) is 0 Å². The van der Waals surface area contributed by atoms with Crippen molar-refractivity contribution < 1.29 is 15.0 Å². The molecule has 0 aliphatic rings. The number of carboxylic acids is 1. The number of fused-ring (bicyclic) bond motifs is 1. The minimum absolute atomic E-state index is 0.0205. The number of nitrogens with one attached hydrogen (secondary N) is 1. The number of H-pyrrole nitrogens is 1. The lowest BCUT2D eigenvalue weighted by Gasteiger charge is -2.04. The van der Waals surface area contributed by atoms with Crippen molar-refractivity contribution in [1.29, 1.82) is 0 Å². The maximum atomic E-state index is 10.9. The third-order valence-electron chi connectivity index (χ3n) is 2.36. The quantitative estimate of drug-likeness (QED) is 0.589. The van der Waals surface area contributed by atoms with Crippen molar-refractivity contribution in [3.63, 3.8) is 0 Å². The van der Waals surface area contributed by atoms with Gasteiger partial charge in [0.25, 0.3) is 0 Å². The lowest BCUT2D eigenvalue weighted by atomic mass is 10.1. The fourth-order valence-corrected chi connectivity index (χ4v) is 1.66. The Morgan fingerprint density at radius 2 is 2.20 bits per heavy atom. The van der Waals surface area contributed by atoms with Gasteiger partial charge in [-0.1, -0.05) is 0 Å².